The van der Waals surface area contributed by atoms with Crippen molar-refractivity contribution in [1.29, 1.82) is 0 Å². The lowest BCUT2D eigenvalue weighted by molar-refractivity contribution is 0.345. The van der Waals surface area contributed by atoms with E-state index >= 15 is 0 Å². The molecule has 20 heavy (non-hydrogen) atoms. The summed E-state index contributed by atoms with van der Waals surface area (Å²) in [5, 5.41) is 0. The highest BCUT2D eigenvalue weighted by Gasteiger charge is 2.33. The van der Waals surface area contributed by atoms with E-state index in [1.807, 2.05) is 12.1 Å². The molecule has 2 aliphatic heterocycles. The Morgan fingerprint density at radius 3 is 2.50 bits per heavy atom. The van der Waals surface area contributed by atoms with Crippen LogP contribution in [0.15, 0.2) is 18.2 Å². The van der Waals surface area contributed by atoms with Gasteiger partial charge in [-0.15, -0.1) is 0 Å². The van der Waals surface area contributed by atoms with Crippen LogP contribution in [0.1, 0.15) is 31.2 Å². The first-order valence-corrected chi connectivity index (χ1v) is 8.65. The first kappa shape index (κ1) is 13.7. The molecule has 0 amide bonds. The molecule has 1 aromatic rings. The van der Waals surface area contributed by atoms with Crippen molar-refractivity contribution < 1.29 is 8.42 Å². The number of piperidine rings is 1. The molecule has 0 bridgehead atoms. The number of rotatable bonds is 2. The third-order valence-corrected chi connectivity index (χ3v) is 6.06. The van der Waals surface area contributed by atoms with Gasteiger partial charge in [0.25, 0.3) is 0 Å². The summed E-state index contributed by atoms with van der Waals surface area (Å²) in [4.78, 5) is 0. The predicted molar refractivity (Wildman–Crippen MR) is 80.9 cm³/mol. The van der Waals surface area contributed by atoms with Gasteiger partial charge in [-0.05, 0) is 43.4 Å². The lowest BCUT2D eigenvalue weighted by Crippen LogP contribution is -2.47. The summed E-state index contributed by atoms with van der Waals surface area (Å²) >= 11 is 0. The van der Waals surface area contributed by atoms with Crippen LogP contribution >= 0.6 is 0 Å². The second-order valence-corrected chi connectivity index (χ2v) is 7.38. The van der Waals surface area contributed by atoms with E-state index in [4.69, 9.17) is 5.73 Å². The van der Waals surface area contributed by atoms with E-state index in [0.29, 0.717) is 25.3 Å². The number of nitrogens with two attached hydrogens (primary N) is 1. The monoisotopic (exact) mass is 295 g/mol. The molecule has 110 valence electrons. The van der Waals surface area contributed by atoms with E-state index in [0.717, 1.165) is 43.4 Å². The van der Waals surface area contributed by atoms with Crippen LogP contribution in [0.5, 0.6) is 0 Å². The Labute approximate surface area is 120 Å². The van der Waals surface area contributed by atoms with Crippen LogP contribution in [-0.2, 0) is 16.6 Å². The van der Waals surface area contributed by atoms with Crippen LogP contribution in [0, 0.1) is 0 Å². The van der Waals surface area contributed by atoms with Gasteiger partial charge in [0.05, 0.1) is 5.69 Å². The maximum Gasteiger partial charge on any atom is 0.304 e. The summed E-state index contributed by atoms with van der Waals surface area (Å²) in [6.45, 7) is 1.82. The van der Waals surface area contributed by atoms with Gasteiger partial charge in [0, 0.05) is 25.3 Å². The summed E-state index contributed by atoms with van der Waals surface area (Å²) in [6.07, 6.45) is 4.81. The molecule has 2 aliphatic rings. The van der Waals surface area contributed by atoms with E-state index in [9.17, 15) is 8.42 Å². The highest BCUT2D eigenvalue weighted by atomic mass is 32.2. The van der Waals surface area contributed by atoms with Crippen LogP contribution in [0.25, 0.3) is 0 Å². The van der Waals surface area contributed by atoms with Crippen molar-refractivity contribution in [3.63, 3.8) is 0 Å². The van der Waals surface area contributed by atoms with E-state index in [1.54, 1.807) is 14.7 Å². The standard InChI is InChI=1S/C14H21N3O2S/c15-13-7-6-12-5-4-10-17(14(12)11-13)20(18,19)16-8-2-1-3-9-16/h6-7,11H,1-5,8-10,15H2. The average molecular weight is 295 g/mol. The molecule has 0 spiro atoms. The summed E-state index contributed by atoms with van der Waals surface area (Å²) in [5.74, 6) is 0. The van der Waals surface area contributed by atoms with Gasteiger partial charge in [-0.2, -0.15) is 12.7 Å². The number of hydrogen-bond acceptors (Lipinski definition) is 3. The van der Waals surface area contributed by atoms with Gasteiger partial charge in [0.1, 0.15) is 0 Å². The summed E-state index contributed by atoms with van der Waals surface area (Å²) in [6, 6.07) is 5.58. The Balaban J connectivity index is 1.97. The van der Waals surface area contributed by atoms with Gasteiger partial charge < -0.3 is 5.73 Å². The molecule has 0 unspecified atom stereocenters. The largest absolute Gasteiger partial charge is 0.399 e. The molecule has 0 saturated carbocycles. The zero-order chi connectivity index (χ0) is 14.2. The molecule has 6 heteroatoms. The van der Waals surface area contributed by atoms with Gasteiger partial charge in [-0.25, -0.2) is 0 Å². The first-order valence-electron chi connectivity index (χ1n) is 7.25. The van der Waals surface area contributed by atoms with E-state index in [-0.39, 0.29) is 0 Å². The Morgan fingerprint density at radius 2 is 1.75 bits per heavy atom. The fourth-order valence-corrected chi connectivity index (χ4v) is 4.81. The van der Waals surface area contributed by atoms with E-state index in [2.05, 4.69) is 0 Å². The van der Waals surface area contributed by atoms with Gasteiger partial charge in [-0.3, -0.25) is 4.31 Å². The molecule has 2 N–H and O–H groups in total. The molecular formula is C14H21N3O2S. The number of hydrogen-bond donors (Lipinski definition) is 1. The number of nitrogen functional groups attached to an aromatic ring is 1. The topological polar surface area (TPSA) is 66.6 Å². The fraction of sp³-hybridized carbons (Fsp3) is 0.571. The van der Waals surface area contributed by atoms with Crippen LogP contribution in [0.2, 0.25) is 0 Å². The first-order chi connectivity index (χ1) is 9.59. The Kier molecular flexibility index (Phi) is 3.60. The minimum Gasteiger partial charge on any atom is -0.399 e. The van der Waals surface area contributed by atoms with Crippen molar-refractivity contribution in [2.75, 3.05) is 29.7 Å². The third kappa shape index (κ3) is 2.38. The third-order valence-electron chi connectivity index (χ3n) is 4.11. The minimum absolute atomic E-state index is 0.551. The second kappa shape index (κ2) is 5.26. The molecule has 0 atom stereocenters. The summed E-state index contributed by atoms with van der Waals surface area (Å²) < 4.78 is 28.8. The van der Waals surface area contributed by atoms with Crippen LogP contribution in [0.3, 0.4) is 0 Å². The van der Waals surface area contributed by atoms with Crippen molar-refractivity contribution >= 4 is 21.6 Å². The number of benzene rings is 1. The molecule has 1 aromatic carbocycles. The summed E-state index contributed by atoms with van der Waals surface area (Å²) in [5.41, 5.74) is 8.29. The van der Waals surface area contributed by atoms with Crippen molar-refractivity contribution in [1.82, 2.24) is 4.31 Å². The molecule has 0 radical (unpaired) electrons. The molecule has 0 aliphatic carbocycles. The second-order valence-electron chi connectivity index (χ2n) is 5.53. The SMILES string of the molecule is Nc1ccc2c(c1)N(S(=O)(=O)N1CCCCC1)CCC2. The van der Waals surface area contributed by atoms with Gasteiger partial charge >= 0.3 is 10.2 Å². The van der Waals surface area contributed by atoms with Crippen molar-refractivity contribution in [2.45, 2.75) is 32.1 Å². The predicted octanol–water partition coefficient (Wildman–Crippen LogP) is 1.75. The minimum atomic E-state index is -3.40. The molecule has 0 aromatic heterocycles. The van der Waals surface area contributed by atoms with Gasteiger partial charge in [0.15, 0.2) is 0 Å². The van der Waals surface area contributed by atoms with E-state index < -0.39 is 10.2 Å². The zero-order valence-corrected chi connectivity index (χ0v) is 12.4. The number of fused-ring (bicyclic) bond motifs is 1. The number of aryl methyl sites for hydroxylation is 1. The normalized spacial score (nSPS) is 20.7. The molecule has 2 heterocycles. The Hall–Kier alpha value is -1.27. The lowest BCUT2D eigenvalue weighted by atomic mass is 10.0. The van der Waals surface area contributed by atoms with Crippen molar-refractivity contribution in [2.24, 2.45) is 0 Å². The fourth-order valence-electron chi connectivity index (χ4n) is 3.03. The van der Waals surface area contributed by atoms with Gasteiger partial charge in [0.2, 0.25) is 0 Å². The molecule has 5 nitrogen and oxygen atoms in total. The molecule has 3 rings (SSSR count). The van der Waals surface area contributed by atoms with Crippen LogP contribution in [-0.4, -0.2) is 32.4 Å². The maximum atomic E-state index is 12.8. The summed E-state index contributed by atoms with van der Waals surface area (Å²) in [7, 11) is -3.40. The highest BCUT2D eigenvalue weighted by Crippen LogP contribution is 2.32. The van der Waals surface area contributed by atoms with E-state index in [1.165, 1.54) is 0 Å². The molecule has 1 fully saturated rings. The van der Waals surface area contributed by atoms with Crippen molar-refractivity contribution in [3.05, 3.63) is 23.8 Å². The van der Waals surface area contributed by atoms with Crippen LogP contribution < -0.4 is 10.0 Å². The maximum absolute atomic E-state index is 12.8. The van der Waals surface area contributed by atoms with Crippen LogP contribution in [0.4, 0.5) is 11.4 Å². The van der Waals surface area contributed by atoms with Crippen molar-refractivity contribution in [3.8, 4) is 0 Å². The Bertz CT molecular complexity index is 594. The highest BCUT2D eigenvalue weighted by molar-refractivity contribution is 7.90. The molecular weight excluding hydrogens is 274 g/mol. The smallest absolute Gasteiger partial charge is 0.304 e. The quantitative estimate of drug-likeness (QED) is 0.845. The number of anilines is 2. The Morgan fingerprint density at radius 1 is 1.00 bits per heavy atom. The average Bonchev–Trinajstić information content (AvgIpc) is 2.47. The lowest BCUT2D eigenvalue weighted by Gasteiger charge is -2.36. The van der Waals surface area contributed by atoms with Gasteiger partial charge in [-0.1, -0.05) is 12.5 Å². The zero-order valence-electron chi connectivity index (χ0n) is 11.6. The number of nitrogens with zero attached hydrogens (tertiary/aromatic N) is 2. The molecule has 1 saturated heterocycles.